The first kappa shape index (κ1) is 15.0. The van der Waals surface area contributed by atoms with Gasteiger partial charge in [0.2, 0.25) is 0 Å². The number of carbonyl (C=O) groups excluding carboxylic acids is 2. The van der Waals surface area contributed by atoms with Crippen LogP contribution >= 0.6 is 0 Å². The number of ether oxygens (including phenoxy) is 2. The molecule has 0 saturated heterocycles. The third-order valence-electron chi connectivity index (χ3n) is 1.20. The summed E-state index contributed by atoms with van der Waals surface area (Å²) in [6, 6.07) is 0. The number of methoxy groups -OCH3 is 2. The van der Waals surface area contributed by atoms with Crippen LogP contribution < -0.4 is 34.7 Å². The Morgan fingerprint density at radius 2 is 1.46 bits per heavy atom. The van der Waals surface area contributed by atoms with Crippen LogP contribution in [0.5, 0.6) is 0 Å². The van der Waals surface area contributed by atoms with Gasteiger partial charge >= 0.3 is 41.5 Å². The third-order valence-corrected chi connectivity index (χ3v) is 1.20. The third kappa shape index (κ3) is 4.31. The van der Waals surface area contributed by atoms with Crippen LogP contribution in [-0.2, 0) is 19.1 Å². The summed E-state index contributed by atoms with van der Waals surface area (Å²) < 4.78 is 8.33. The first-order chi connectivity index (χ1) is 5.54. The maximum Gasteiger partial charge on any atom is 1.00 e. The zero-order valence-corrected chi connectivity index (χ0v) is 10.0. The van der Waals surface area contributed by atoms with Gasteiger partial charge < -0.3 is 14.6 Å². The zero-order valence-electron chi connectivity index (χ0n) is 8.04. The van der Waals surface area contributed by atoms with E-state index in [1.165, 1.54) is 6.92 Å². The molecular weight excluding hydrogens is 187 g/mol. The van der Waals surface area contributed by atoms with Gasteiger partial charge in [0, 0.05) is 5.57 Å². The maximum atomic E-state index is 10.9. The summed E-state index contributed by atoms with van der Waals surface area (Å²) in [5.74, 6) is -2.88. The van der Waals surface area contributed by atoms with Gasteiger partial charge in [0.05, 0.1) is 14.2 Å². The molecule has 0 spiro atoms. The normalized spacial score (nSPS) is 10.7. The Hall–Kier alpha value is -0.520. The Bertz CT molecular complexity index is 209. The fraction of sp³-hybridized carbons (Fsp3) is 0.429. The van der Waals surface area contributed by atoms with Gasteiger partial charge in [-0.2, -0.15) is 0 Å². The molecular formula is C7H9NaO5. The Balaban J connectivity index is 0. The second kappa shape index (κ2) is 6.94. The number of carbonyl (C=O) groups is 2. The number of esters is 2. The summed E-state index contributed by atoms with van der Waals surface area (Å²) in [6.07, 6.45) is 0. The number of rotatable bonds is 2. The fourth-order valence-electron chi connectivity index (χ4n) is 0.492. The minimum atomic E-state index is -1.07. The average molecular weight is 196 g/mol. The molecule has 0 saturated carbocycles. The molecule has 0 aliphatic carbocycles. The van der Waals surface area contributed by atoms with Crippen molar-refractivity contribution < 1.29 is 53.7 Å². The molecule has 0 aliphatic rings. The van der Waals surface area contributed by atoms with Crippen LogP contribution in [0.15, 0.2) is 11.3 Å². The minimum absolute atomic E-state index is 0. The second-order valence-electron chi connectivity index (χ2n) is 1.94. The van der Waals surface area contributed by atoms with Crippen LogP contribution in [0.25, 0.3) is 0 Å². The van der Waals surface area contributed by atoms with Crippen LogP contribution in [0.4, 0.5) is 0 Å². The van der Waals surface area contributed by atoms with E-state index in [-0.39, 0.29) is 35.1 Å². The van der Waals surface area contributed by atoms with E-state index in [4.69, 9.17) is 0 Å². The molecule has 0 bridgehead atoms. The van der Waals surface area contributed by atoms with E-state index in [2.05, 4.69) is 9.47 Å². The molecule has 0 aliphatic heterocycles. The predicted molar refractivity (Wildman–Crippen MR) is 36.7 cm³/mol. The molecule has 0 atom stereocenters. The van der Waals surface area contributed by atoms with Gasteiger partial charge in [-0.05, 0) is 12.7 Å². The molecule has 6 heteroatoms. The molecule has 0 aromatic rings. The molecule has 0 aromatic heterocycles. The molecule has 0 unspecified atom stereocenters. The molecule has 0 amide bonds. The van der Waals surface area contributed by atoms with Crippen LogP contribution in [-0.4, -0.2) is 26.2 Å². The van der Waals surface area contributed by atoms with Crippen molar-refractivity contribution in [2.24, 2.45) is 0 Å². The molecule has 0 fully saturated rings. The quantitative estimate of drug-likeness (QED) is 0.194. The SMILES string of the molecule is COC(=O)/C(C)=C(\[O-])C(=O)OC.[Na+]. The molecule has 0 rings (SSSR count). The van der Waals surface area contributed by atoms with E-state index >= 15 is 0 Å². The molecule has 0 heterocycles. The van der Waals surface area contributed by atoms with E-state index in [9.17, 15) is 14.7 Å². The summed E-state index contributed by atoms with van der Waals surface area (Å²) in [4.78, 5) is 21.3. The fourth-order valence-corrected chi connectivity index (χ4v) is 0.492. The number of hydrogen-bond donors (Lipinski definition) is 0. The standard InChI is InChI=1S/C7H10O5.Na/c1-4(6(9)11-2)5(8)7(10)12-3;/h8H,1-3H3;/q;+1/p-1/b5-4-;. The summed E-state index contributed by atoms with van der Waals surface area (Å²) in [6.45, 7) is 1.20. The minimum Gasteiger partial charge on any atom is -0.867 e. The predicted octanol–water partition coefficient (Wildman–Crippen LogP) is -4.03. The van der Waals surface area contributed by atoms with Gasteiger partial charge in [-0.1, -0.05) is 0 Å². The first-order valence-electron chi connectivity index (χ1n) is 3.09. The Morgan fingerprint density at radius 3 is 1.77 bits per heavy atom. The molecule has 0 radical (unpaired) electrons. The molecule has 0 N–H and O–H groups in total. The Morgan fingerprint density at radius 1 is 1.08 bits per heavy atom. The van der Waals surface area contributed by atoms with Crippen molar-refractivity contribution in [3.05, 3.63) is 11.3 Å². The average Bonchev–Trinajstić information content (AvgIpc) is 2.12. The topological polar surface area (TPSA) is 75.7 Å². The van der Waals surface area contributed by atoms with Crippen molar-refractivity contribution >= 4 is 11.9 Å². The van der Waals surface area contributed by atoms with Gasteiger partial charge in [0.15, 0.2) is 0 Å². The van der Waals surface area contributed by atoms with Gasteiger partial charge in [0.25, 0.3) is 0 Å². The van der Waals surface area contributed by atoms with Crippen LogP contribution in [0, 0.1) is 0 Å². The molecule has 5 nitrogen and oxygen atoms in total. The van der Waals surface area contributed by atoms with E-state index in [0.29, 0.717) is 0 Å². The van der Waals surface area contributed by atoms with Crippen LogP contribution in [0.3, 0.4) is 0 Å². The van der Waals surface area contributed by atoms with Crippen molar-refractivity contribution in [1.82, 2.24) is 0 Å². The molecule has 0 aromatic carbocycles. The first-order valence-corrected chi connectivity index (χ1v) is 3.09. The van der Waals surface area contributed by atoms with Crippen molar-refractivity contribution in [3.63, 3.8) is 0 Å². The van der Waals surface area contributed by atoms with E-state index in [1.807, 2.05) is 0 Å². The number of hydrogen-bond acceptors (Lipinski definition) is 5. The van der Waals surface area contributed by atoms with Gasteiger partial charge in [-0.15, -0.1) is 0 Å². The van der Waals surface area contributed by atoms with Crippen molar-refractivity contribution in [3.8, 4) is 0 Å². The summed E-state index contributed by atoms with van der Waals surface area (Å²) in [7, 11) is 2.18. The Labute approximate surface area is 98.0 Å². The van der Waals surface area contributed by atoms with Crippen LogP contribution in [0.2, 0.25) is 0 Å². The van der Waals surface area contributed by atoms with Gasteiger partial charge in [-0.25, -0.2) is 9.59 Å². The molecule has 68 valence electrons. The van der Waals surface area contributed by atoms with Gasteiger partial charge in [-0.3, -0.25) is 0 Å². The van der Waals surface area contributed by atoms with E-state index < -0.39 is 17.7 Å². The second-order valence-corrected chi connectivity index (χ2v) is 1.94. The summed E-state index contributed by atoms with van der Waals surface area (Å²) >= 11 is 0. The molecule has 13 heavy (non-hydrogen) atoms. The monoisotopic (exact) mass is 196 g/mol. The van der Waals surface area contributed by atoms with Gasteiger partial charge in [0.1, 0.15) is 0 Å². The summed E-state index contributed by atoms with van der Waals surface area (Å²) in [5, 5.41) is 10.9. The van der Waals surface area contributed by atoms with Crippen molar-refractivity contribution in [1.29, 1.82) is 0 Å². The smallest absolute Gasteiger partial charge is 0.867 e. The zero-order chi connectivity index (χ0) is 9.72. The van der Waals surface area contributed by atoms with Crippen LogP contribution in [0.1, 0.15) is 6.92 Å². The summed E-state index contributed by atoms with van der Waals surface area (Å²) in [5.41, 5.74) is -0.288. The Kier molecular flexibility index (Phi) is 7.99. The largest absolute Gasteiger partial charge is 1.00 e. The van der Waals surface area contributed by atoms with E-state index in [0.717, 1.165) is 14.2 Å². The van der Waals surface area contributed by atoms with Crippen molar-refractivity contribution in [2.45, 2.75) is 6.92 Å². The van der Waals surface area contributed by atoms with E-state index in [1.54, 1.807) is 0 Å². The maximum absolute atomic E-state index is 10.9. The van der Waals surface area contributed by atoms with Crippen molar-refractivity contribution in [2.75, 3.05) is 14.2 Å².